The molecule has 10 heteroatoms. The lowest BCUT2D eigenvalue weighted by molar-refractivity contribution is -0.144. The molecular weight excluding hydrogens is 875 g/mol. The van der Waals surface area contributed by atoms with Crippen molar-refractivity contribution in [1.82, 2.24) is 0 Å². The molecule has 0 saturated carbocycles. The summed E-state index contributed by atoms with van der Waals surface area (Å²) in [6.07, 6.45) is 1.57. The van der Waals surface area contributed by atoms with Gasteiger partial charge in [-0.15, -0.1) is 0 Å². The molecule has 4 rings (SSSR count). The molecule has 0 aliphatic heterocycles. The Morgan fingerprint density at radius 3 is 0.857 bits per heavy atom. The van der Waals surface area contributed by atoms with Crippen molar-refractivity contribution in [1.29, 1.82) is 0 Å². The van der Waals surface area contributed by atoms with Gasteiger partial charge in [0.25, 0.3) is 0 Å². The molecule has 388 valence electrons. The fourth-order valence-electron chi connectivity index (χ4n) is 7.25. The van der Waals surface area contributed by atoms with Crippen LogP contribution in [0.1, 0.15) is 213 Å². The summed E-state index contributed by atoms with van der Waals surface area (Å²) in [7, 11) is 0. The minimum absolute atomic E-state index is 0.0738. The summed E-state index contributed by atoms with van der Waals surface area (Å²) in [5.41, 5.74) is 32.0. The van der Waals surface area contributed by atoms with Crippen LogP contribution < -0.4 is 17.2 Å². The van der Waals surface area contributed by atoms with E-state index in [1.54, 1.807) is 20.8 Å². The average molecular weight is 966 g/mol. The smallest absolute Gasteiger partial charge is 0.307 e. The molecule has 0 spiro atoms. The van der Waals surface area contributed by atoms with Crippen LogP contribution in [0.25, 0.3) is 0 Å². The maximum Gasteiger partial charge on any atom is 0.307 e. The third-order valence-corrected chi connectivity index (χ3v) is 11.4. The molecule has 4 aromatic rings. The van der Waals surface area contributed by atoms with Gasteiger partial charge in [0.1, 0.15) is 6.29 Å². The first-order valence-electron chi connectivity index (χ1n) is 24.8. The second-order valence-electron chi connectivity index (χ2n) is 22.5. The van der Waals surface area contributed by atoms with E-state index in [1.165, 1.54) is 38.9 Å². The highest BCUT2D eigenvalue weighted by Gasteiger charge is 2.22. The van der Waals surface area contributed by atoms with E-state index >= 15 is 0 Å². The van der Waals surface area contributed by atoms with Gasteiger partial charge in [-0.3, -0.25) is 19.2 Å². The van der Waals surface area contributed by atoms with Gasteiger partial charge in [-0.25, -0.2) is 0 Å². The summed E-state index contributed by atoms with van der Waals surface area (Å²) in [5.74, 6) is -0.726. The van der Waals surface area contributed by atoms with Crippen molar-refractivity contribution in [3.05, 3.63) is 140 Å². The molecule has 0 aliphatic rings. The molecule has 3 atom stereocenters. The van der Waals surface area contributed by atoms with Crippen LogP contribution in [-0.4, -0.2) is 44.0 Å². The Morgan fingerprint density at radius 1 is 0.414 bits per heavy atom. The SMILES string of the molecule is CCOC(=O)CC(N)c1cc(C)cc(C(C)(C)C)c1.CCOC(=O)C[C@@H](N)c1cc(C)cc(C(C)(C)C)c1.CCOC(=O)C[C@H](N)c1cc(C)cc(C(C)(C)C)c1.Cc1cc(C=O)cc(C(C)(C)C)c1. The summed E-state index contributed by atoms with van der Waals surface area (Å²) < 4.78 is 14.8. The number of carbonyl (C=O) groups excluding carboxylic acids is 4. The van der Waals surface area contributed by atoms with Crippen molar-refractivity contribution in [2.75, 3.05) is 19.8 Å². The van der Waals surface area contributed by atoms with Crippen LogP contribution >= 0.6 is 0 Å². The molecule has 0 bridgehead atoms. The number of benzene rings is 4. The van der Waals surface area contributed by atoms with Gasteiger partial charge in [-0.05, 0) is 121 Å². The van der Waals surface area contributed by atoms with Crippen molar-refractivity contribution in [2.45, 2.75) is 191 Å². The van der Waals surface area contributed by atoms with Crippen molar-refractivity contribution >= 4 is 24.2 Å². The minimum atomic E-state index is -0.306. The summed E-state index contributed by atoms with van der Waals surface area (Å²) in [5, 5.41) is 0. The Balaban J connectivity index is 0.000000471. The molecule has 1 unspecified atom stereocenters. The van der Waals surface area contributed by atoms with E-state index in [4.69, 9.17) is 31.4 Å². The van der Waals surface area contributed by atoms with E-state index in [0.29, 0.717) is 19.8 Å². The van der Waals surface area contributed by atoms with E-state index in [1.807, 2.05) is 37.3 Å². The Bertz CT molecular complexity index is 2100. The molecule has 0 aromatic heterocycles. The maximum atomic E-state index is 11.5. The number of aldehydes is 1. The van der Waals surface area contributed by atoms with Crippen LogP contribution in [0.5, 0.6) is 0 Å². The molecule has 0 fully saturated rings. The lowest BCUT2D eigenvalue weighted by atomic mass is 9.84. The van der Waals surface area contributed by atoms with Gasteiger partial charge >= 0.3 is 17.9 Å². The zero-order chi connectivity index (χ0) is 53.9. The van der Waals surface area contributed by atoms with Crippen LogP contribution in [0, 0.1) is 27.7 Å². The second kappa shape index (κ2) is 28.0. The first-order chi connectivity index (χ1) is 32.1. The van der Waals surface area contributed by atoms with Gasteiger partial charge in [0.15, 0.2) is 0 Å². The molecule has 0 radical (unpaired) electrons. The van der Waals surface area contributed by atoms with Crippen molar-refractivity contribution in [2.24, 2.45) is 17.2 Å². The standard InChI is InChI=1S/3C16H25NO2.C12H16O/c3*1-6-19-15(18)10-14(17)12-7-11(2)8-13(9-12)16(3,4)5;1-9-5-10(8-13)7-11(6-9)12(2,3)4/h3*7-9,14H,6,10,17H2,1-5H3;5-8H,1-4H3/t2*14-;;/m10../s1. The predicted molar refractivity (Wildman–Crippen MR) is 289 cm³/mol. The first-order valence-corrected chi connectivity index (χ1v) is 24.8. The number of nitrogens with two attached hydrogens (primary N) is 3. The lowest BCUT2D eigenvalue weighted by Crippen LogP contribution is -2.19. The molecule has 6 N–H and O–H groups in total. The van der Waals surface area contributed by atoms with Crippen molar-refractivity contribution < 1.29 is 33.4 Å². The van der Waals surface area contributed by atoms with Crippen molar-refractivity contribution in [3.8, 4) is 0 Å². The Kier molecular flexibility index (Phi) is 25.2. The number of esters is 3. The molecule has 0 heterocycles. The monoisotopic (exact) mass is 966 g/mol. The number of rotatable bonds is 13. The Labute approximate surface area is 423 Å². The van der Waals surface area contributed by atoms with Crippen LogP contribution in [0.4, 0.5) is 0 Å². The highest BCUT2D eigenvalue weighted by atomic mass is 16.5. The number of carbonyl (C=O) groups is 4. The normalized spacial score (nSPS) is 12.8. The highest BCUT2D eigenvalue weighted by Crippen LogP contribution is 2.30. The molecule has 4 aromatic carbocycles. The van der Waals surface area contributed by atoms with Crippen LogP contribution in [0.15, 0.2) is 72.8 Å². The van der Waals surface area contributed by atoms with Gasteiger partial charge in [0.05, 0.1) is 39.1 Å². The van der Waals surface area contributed by atoms with Gasteiger partial charge in [-0.1, -0.05) is 166 Å². The van der Waals surface area contributed by atoms with Gasteiger partial charge in [0, 0.05) is 23.7 Å². The lowest BCUT2D eigenvalue weighted by Gasteiger charge is -2.22. The third kappa shape index (κ3) is 23.2. The van der Waals surface area contributed by atoms with E-state index in [9.17, 15) is 19.2 Å². The fraction of sp³-hybridized carbons (Fsp3) is 0.533. The van der Waals surface area contributed by atoms with Crippen molar-refractivity contribution in [3.63, 3.8) is 0 Å². The zero-order valence-corrected chi connectivity index (χ0v) is 46.6. The molecule has 70 heavy (non-hydrogen) atoms. The topological polar surface area (TPSA) is 174 Å². The van der Waals surface area contributed by atoms with Gasteiger partial charge in [-0.2, -0.15) is 0 Å². The molecule has 10 nitrogen and oxygen atoms in total. The van der Waals surface area contributed by atoms with Crippen LogP contribution in [-0.2, 0) is 50.3 Å². The maximum absolute atomic E-state index is 11.5. The molecule has 0 saturated heterocycles. The minimum Gasteiger partial charge on any atom is -0.466 e. The van der Waals surface area contributed by atoms with E-state index in [-0.39, 0.29) is 77.0 Å². The van der Waals surface area contributed by atoms with Crippen LogP contribution in [0.3, 0.4) is 0 Å². The predicted octanol–water partition coefficient (Wildman–Crippen LogP) is 12.8. The number of ether oxygens (including phenoxy) is 3. The molecule has 0 amide bonds. The molecule has 0 aliphatic carbocycles. The molecular formula is C60H91N3O7. The second-order valence-corrected chi connectivity index (χ2v) is 22.5. The number of hydrogen-bond donors (Lipinski definition) is 3. The Morgan fingerprint density at radius 2 is 0.643 bits per heavy atom. The summed E-state index contributed by atoms with van der Waals surface area (Å²) in [6.45, 7) is 40.7. The van der Waals surface area contributed by atoms with E-state index in [2.05, 4.69) is 146 Å². The zero-order valence-electron chi connectivity index (χ0n) is 46.6. The largest absolute Gasteiger partial charge is 0.466 e. The summed E-state index contributed by atoms with van der Waals surface area (Å²) in [4.78, 5) is 45.1. The van der Waals surface area contributed by atoms with Crippen LogP contribution in [0.2, 0.25) is 0 Å². The van der Waals surface area contributed by atoms with E-state index in [0.717, 1.165) is 34.1 Å². The summed E-state index contributed by atoms with van der Waals surface area (Å²) >= 11 is 0. The first kappa shape index (κ1) is 62.9. The number of aryl methyl sites for hydroxylation is 4. The fourth-order valence-corrected chi connectivity index (χ4v) is 7.25. The van der Waals surface area contributed by atoms with E-state index < -0.39 is 0 Å². The highest BCUT2D eigenvalue weighted by molar-refractivity contribution is 5.75. The average Bonchev–Trinajstić information content (AvgIpc) is 3.22. The number of hydrogen-bond acceptors (Lipinski definition) is 10. The summed E-state index contributed by atoms with van der Waals surface area (Å²) in [6, 6.07) is 24.0. The Hall–Kier alpha value is -5.16. The third-order valence-electron chi connectivity index (χ3n) is 11.4. The quantitative estimate of drug-likeness (QED) is 0.0664. The van der Waals surface area contributed by atoms with Gasteiger partial charge < -0.3 is 31.4 Å². The van der Waals surface area contributed by atoms with Gasteiger partial charge in [0.2, 0.25) is 0 Å².